The number of benzene rings is 4. The Labute approximate surface area is 407 Å². The van der Waals surface area contributed by atoms with Crippen LogP contribution in [0, 0.1) is 23.7 Å². The Kier molecular flexibility index (Phi) is 22.7. The summed E-state index contributed by atoms with van der Waals surface area (Å²) in [5, 5.41) is 0. The summed E-state index contributed by atoms with van der Waals surface area (Å²) in [6.45, 7) is 9.93. The van der Waals surface area contributed by atoms with Crippen LogP contribution in [0.15, 0.2) is 116 Å². The first-order chi connectivity index (χ1) is 33.7. The van der Waals surface area contributed by atoms with Gasteiger partial charge in [-0.05, 0) is 85.1 Å². The zero-order chi connectivity index (χ0) is 50.7. The van der Waals surface area contributed by atoms with Crippen molar-refractivity contribution >= 4 is 41.8 Å². The van der Waals surface area contributed by atoms with Gasteiger partial charge in [0.05, 0.1) is 46.0 Å². The quantitative estimate of drug-likeness (QED) is 0.0304. The first-order valence-corrected chi connectivity index (χ1v) is 22.2. The second-order valence-electron chi connectivity index (χ2n) is 15.3. The second-order valence-corrected chi connectivity index (χ2v) is 15.3. The Hall–Kier alpha value is -8.43. The molecule has 2 atom stereocenters. The van der Waals surface area contributed by atoms with Crippen molar-refractivity contribution in [2.45, 2.75) is 71.2 Å². The lowest BCUT2D eigenvalue weighted by Gasteiger charge is -2.12. The highest BCUT2D eigenvalue weighted by atomic mass is 16.6. The molecule has 0 aliphatic rings. The van der Waals surface area contributed by atoms with Crippen LogP contribution >= 0.6 is 0 Å². The van der Waals surface area contributed by atoms with Crippen LogP contribution in [0.4, 0.5) is 0 Å². The third-order valence-corrected chi connectivity index (χ3v) is 9.64. The van der Waals surface area contributed by atoms with Gasteiger partial charge in [0.1, 0.15) is 43.3 Å². The van der Waals surface area contributed by atoms with E-state index in [2.05, 4.69) is 36.8 Å². The predicted molar refractivity (Wildman–Crippen MR) is 255 cm³/mol. The van der Waals surface area contributed by atoms with Gasteiger partial charge >= 0.3 is 41.8 Å². The van der Waals surface area contributed by atoms with Crippen LogP contribution in [0.1, 0.15) is 88.8 Å². The molecule has 0 N–H and O–H groups in total. The topological polar surface area (TPSA) is 193 Å². The number of hydrogen-bond donors (Lipinski definition) is 0. The first kappa shape index (κ1) is 54.2. The van der Waals surface area contributed by atoms with Crippen LogP contribution in [0.25, 0.3) is 0 Å². The zero-order valence-corrected chi connectivity index (χ0v) is 39.3. The number of hydrogen-bond acceptors (Lipinski definition) is 15. The predicted octanol–water partition coefficient (Wildman–Crippen LogP) is 6.91. The molecule has 0 aromatic heterocycles. The number of ether oxygens (including phenoxy) is 8. The molecule has 0 aliphatic carbocycles. The third kappa shape index (κ3) is 20.6. The van der Waals surface area contributed by atoms with Crippen LogP contribution in [-0.4, -0.2) is 87.5 Å². The van der Waals surface area contributed by atoms with Gasteiger partial charge in [-0.2, -0.15) is 0 Å². The van der Waals surface area contributed by atoms with Crippen LogP contribution in [0.2, 0.25) is 0 Å². The van der Waals surface area contributed by atoms with Gasteiger partial charge in [-0.25, -0.2) is 14.4 Å². The summed E-state index contributed by atoms with van der Waals surface area (Å²) >= 11 is 0. The molecule has 0 amide bonds. The molecule has 15 heteroatoms. The summed E-state index contributed by atoms with van der Waals surface area (Å²) < 4.78 is 41.4. The van der Waals surface area contributed by atoms with Crippen molar-refractivity contribution in [1.29, 1.82) is 0 Å². The number of rotatable bonds is 24. The standard InChI is InChI=1S/C55H54O15/c1-6-49(56)67-35-38(3)69-53(60)28-26-51(58)64-32-30-43-14-10-40(11-15-43)8-9-42-19-22-46(23-20-42)37-66-48-25-24-45(34-47(48)55(62)63-5)21-18-41-12-16-44(17-13-41)31-33-65-52(59)27-29-54(61)70-39(4)36-68-50(57)7-2/h6-7,10-17,19-20,22-25,34,38-39H,1-2,26-33,35-37H2,3-5H3. The highest BCUT2D eigenvalue weighted by Crippen LogP contribution is 2.23. The smallest absolute Gasteiger partial charge is 0.341 e. The van der Waals surface area contributed by atoms with Crippen molar-refractivity contribution in [2.75, 3.05) is 33.5 Å². The molecule has 4 aromatic rings. The van der Waals surface area contributed by atoms with Crippen LogP contribution in [-0.2, 0) is 81.4 Å². The fraction of sp³-hybridized carbons (Fsp3) is 0.291. The zero-order valence-electron chi connectivity index (χ0n) is 39.3. The van der Waals surface area contributed by atoms with Crippen molar-refractivity contribution in [2.24, 2.45) is 0 Å². The molecule has 15 nitrogen and oxygen atoms in total. The van der Waals surface area contributed by atoms with Crippen molar-refractivity contribution in [3.63, 3.8) is 0 Å². The van der Waals surface area contributed by atoms with E-state index in [1.165, 1.54) is 7.11 Å². The number of esters is 7. The molecule has 2 unspecified atom stereocenters. The molecule has 0 radical (unpaired) electrons. The van der Waals surface area contributed by atoms with E-state index >= 15 is 0 Å². The van der Waals surface area contributed by atoms with E-state index in [1.54, 1.807) is 32.0 Å². The largest absolute Gasteiger partial charge is 0.488 e. The summed E-state index contributed by atoms with van der Waals surface area (Å²) in [6, 6.07) is 27.5. The van der Waals surface area contributed by atoms with E-state index in [0.29, 0.717) is 24.2 Å². The normalized spacial score (nSPS) is 11.0. The Balaban J connectivity index is 1.18. The second kappa shape index (κ2) is 29.4. The van der Waals surface area contributed by atoms with E-state index in [-0.39, 0.29) is 64.3 Å². The summed E-state index contributed by atoms with van der Waals surface area (Å²) in [4.78, 5) is 83.2. The lowest BCUT2D eigenvalue weighted by Crippen LogP contribution is -2.22. The van der Waals surface area contributed by atoms with Crippen LogP contribution in [0.5, 0.6) is 5.75 Å². The summed E-state index contributed by atoms with van der Waals surface area (Å²) in [5.41, 5.74) is 5.81. The molecule has 0 heterocycles. The maximum Gasteiger partial charge on any atom is 0.341 e. The molecule has 0 saturated heterocycles. The minimum atomic E-state index is -0.666. The van der Waals surface area contributed by atoms with Gasteiger partial charge in [0, 0.05) is 47.2 Å². The van der Waals surface area contributed by atoms with Crippen molar-refractivity contribution in [3.8, 4) is 29.4 Å². The molecule has 0 fully saturated rings. The van der Waals surface area contributed by atoms with E-state index in [1.807, 2.05) is 72.8 Å². The van der Waals surface area contributed by atoms with Crippen molar-refractivity contribution < 1.29 is 71.5 Å². The van der Waals surface area contributed by atoms with Crippen molar-refractivity contribution in [3.05, 3.63) is 161 Å². The Morgan fingerprint density at radius 2 is 0.900 bits per heavy atom. The molecular weight excluding hydrogens is 901 g/mol. The number of carbonyl (C=O) groups excluding carboxylic acids is 7. The summed E-state index contributed by atoms with van der Waals surface area (Å²) in [6.07, 6.45) is 1.02. The Bertz CT molecular complexity index is 2590. The van der Waals surface area contributed by atoms with Crippen LogP contribution in [0.3, 0.4) is 0 Å². The minimum absolute atomic E-state index is 0.111. The van der Waals surface area contributed by atoms with Gasteiger partial charge in [0.25, 0.3) is 0 Å². The monoisotopic (exact) mass is 954 g/mol. The summed E-state index contributed by atoms with van der Waals surface area (Å²) in [5.74, 6) is 8.69. The average Bonchev–Trinajstić information content (AvgIpc) is 3.37. The molecular formula is C55H54O15. The molecule has 70 heavy (non-hydrogen) atoms. The maximum atomic E-state index is 12.7. The van der Waals surface area contributed by atoms with Gasteiger partial charge in [-0.1, -0.05) is 73.2 Å². The Morgan fingerprint density at radius 3 is 1.31 bits per heavy atom. The third-order valence-electron chi connectivity index (χ3n) is 9.64. The van der Waals surface area contributed by atoms with Gasteiger partial charge in [-0.15, -0.1) is 0 Å². The number of methoxy groups -OCH3 is 1. The molecule has 4 aromatic carbocycles. The SMILES string of the molecule is C=CC(=O)OCC(C)OC(=O)CCC(=O)OCCc1ccc(C#Cc2ccc(COc3ccc(C#Cc4ccc(CCOC(=O)CCC(=O)OC(C)COC(=O)C=C)cc4)cc3C(=O)OC)cc2)cc1. The first-order valence-electron chi connectivity index (χ1n) is 22.2. The Morgan fingerprint density at radius 1 is 0.514 bits per heavy atom. The van der Waals surface area contributed by atoms with E-state index in [0.717, 1.165) is 45.5 Å². The molecule has 0 saturated carbocycles. The van der Waals surface area contributed by atoms with Gasteiger partial charge in [0.2, 0.25) is 0 Å². The van der Waals surface area contributed by atoms with Gasteiger partial charge < -0.3 is 37.9 Å². The van der Waals surface area contributed by atoms with Gasteiger partial charge in [-0.3, -0.25) is 19.2 Å². The van der Waals surface area contributed by atoms with E-state index in [4.69, 9.17) is 37.9 Å². The molecule has 0 bridgehead atoms. The van der Waals surface area contributed by atoms with Gasteiger partial charge in [0.15, 0.2) is 0 Å². The fourth-order valence-corrected chi connectivity index (χ4v) is 5.92. The number of carbonyl (C=O) groups is 7. The minimum Gasteiger partial charge on any atom is -0.488 e. The molecule has 0 spiro atoms. The molecule has 364 valence electrons. The van der Waals surface area contributed by atoms with Crippen LogP contribution < -0.4 is 4.74 Å². The highest BCUT2D eigenvalue weighted by Gasteiger charge is 2.17. The maximum absolute atomic E-state index is 12.7. The lowest BCUT2D eigenvalue weighted by atomic mass is 10.1. The van der Waals surface area contributed by atoms with E-state index in [9.17, 15) is 33.6 Å². The molecule has 4 rings (SSSR count). The summed E-state index contributed by atoms with van der Waals surface area (Å²) in [7, 11) is 1.29. The van der Waals surface area contributed by atoms with Crippen molar-refractivity contribution in [1.82, 2.24) is 0 Å². The molecule has 0 aliphatic heterocycles. The average molecular weight is 955 g/mol. The highest BCUT2D eigenvalue weighted by molar-refractivity contribution is 5.93. The lowest BCUT2D eigenvalue weighted by molar-refractivity contribution is -0.157. The van der Waals surface area contributed by atoms with E-state index < -0.39 is 54.0 Å². The fourth-order valence-electron chi connectivity index (χ4n) is 5.92.